The number of carbonyl (C=O) groups is 1. The molecule has 0 amide bonds. The lowest BCUT2D eigenvalue weighted by Gasteiger charge is -2.23. The zero-order valence-corrected chi connectivity index (χ0v) is 11.6. The Morgan fingerprint density at radius 1 is 1.47 bits per heavy atom. The fourth-order valence-electron chi connectivity index (χ4n) is 1.60. The van der Waals surface area contributed by atoms with Crippen LogP contribution in [0.2, 0.25) is 0 Å². The third-order valence-electron chi connectivity index (χ3n) is 2.50. The Morgan fingerprint density at radius 2 is 2.06 bits per heavy atom. The molecule has 3 atom stereocenters. The van der Waals surface area contributed by atoms with E-state index in [1.807, 2.05) is 37.3 Å². The summed E-state index contributed by atoms with van der Waals surface area (Å²) >= 11 is 5.43. The Morgan fingerprint density at radius 3 is 2.53 bits per heavy atom. The van der Waals surface area contributed by atoms with Crippen molar-refractivity contribution < 1.29 is 9.53 Å². The maximum absolute atomic E-state index is 11.6. The molecule has 0 radical (unpaired) electrons. The SMILES string of the molecule is CCS(=S)[C@H](c1ccccc1)[C@H](N)C(=O)OC. The fourth-order valence-corrected chi connectivity index (χ4v) is 3.56. The highest BCUT2D eigenvalue weighted by Crippen LogP contribution is 2.24. The summed E-state index contributed by atoms with van der Waals surface area (Å²) in [6.45, 7) is 2.01. The molecule has 0 fully saturated rings. The Balaban J connectivity index is 3.05. The Hall–Kier alpha value is -0.780. The first-order valence-corrected chi connectivity index (χ1v) is 7.75. The van der Waals surface area contributed by atoms with Crippen LogP contribution in [0.3, 0.4) is 0 Å². The number of benzene rings is 1. The molecule has 0 spiro atoms. The fraction of sp³-hybridized carbons (Fsp3) is 0.417. The van der Waals surface area contributed by atoms with Crippen LogP contribution in [0.25, 0.3) is 0 Å². The van der Waals surface area contributed by atoms with E-state index in [4.69, 9.17) is 21.7 Å². The minimum atomic E-state index is -0.691. The van der Waals surface area contributed by atoms with E-state index >= 15 is 0 Å². The maximum Gasteiger partial charge on any atom is 0.324 e. The lowest BCUT2D eigenvalue weighted by molar-refractivity contribution is -0.142. The van der Waals surface area contributed by atoms with Crippen molar-refractivity contribution in [3.8, 4) is 0 Å². The van der Waals surface area contributed by atoms with Crippen LogP contribution in [0.15, 0.2) is 30.3 Å². The molecule has 1 aromatic carbocycles. The predicted octanol–water partition coefficient (Wildman–Crippen LogP) is 1.33. The molecule has 0 aliphatic rings. The lowest BCUT2D eigenvalue weighted by atomic mass is 10.1. The van der Waals surface area contributed by atoms with E-state index in [1.54, 1.807) is 0 Å². The summed E-state index contributed by atoms with van der Waals surface area (Å²) in [4.78, 5) is 11.6. The van der Waals surface area contributed by atoms with Gasteiger partial charge in [-0.3, -0.25) is 4.79 Å². The van der Waals surface area contributed by atoms with Gasteiger partial charge in [-0.15, -0.1) is 9.45 Å². The van der Waals surface area contributed by atoms with E-state index in [2.05, 4.69) is 0 Å². The van der Waals surface area contributed by atoms with E-state index in [0.29, 0.717) is 0 Å². The Kier molecular flexibility index (Phi) is 5.74. The van der Waals surface area contributed by atoms with Crippen LogP contribution in [-0.2, 0) is 30.2 Å². The normalized spacial score (nSPS) is 15.9. The first kappa shape index (κ1) is 14.3. The van der Waals surface area contributed by atoms with Crippen molar-refractivity contribution >= 4 is 26.6 Å². The van der Waals surface area contributed by atoms with Crippen LogP contribution >= 0.6 is 0 Å². The number of esters is 1. The van der Waals surface area contributed by atoms with Crippen molar-refractivity contribution in [1.29, 1.82) is 0 Å². The average Bonchev–Trinajstić information content (AvgIpc) is 2.38. The van der Waals surface area contributed by atoms with Crippen LogP contribution in [-0.4, -0.2) is 24.9 Å². The molecule has 17 heavy (non-hydrogen) atoms. The molecule has 0 aromatic heterocycles. The van der Waals surface area contributed by atoms with E-state index in [0.717, 1.165) is 11.3 Å². The topological polar surface area (TPSA) is 52.3 Å². The van der Waals surface area contributed by atoms with Crippen molar-refractivity contribution in [3.63, 3.8) is 0 Å². The van der Waals surface area contributed by atoms with Gasteiger partial charge in [0.25, 0.3) is 0 Å². The largest absolute Gasteiger partial charge is 0.468 e. The molecule has 2 N–H and O–H groups in total. The first-order chi connectivity index (χ1) is 8.11. The van der Waals surface area contributed by atoms with Gasteiger partial charge in [0.2, 0.25) is 0 Å². The molecule has 0 heterocycles. The molecule has 1 unspecified atom stereocenters. The highest BCUT2D eigenvalue weighted by atomic mass is 32.8. The third-order valence-corrected chi connectivity index (χ3v) is 5.53. The summed E-state index contributed by atoms with van der Waals surface area (Å²) in [7, 11) is 0.984. The van der Waals surface area contributed by atoms with E-state index in [-0.39, 0.29) is 14.7 Å². The average molecular weight is 271 g/mol. The standard InChI is InChI=1S/C12H17NO2S2/c1-3-17(16)11(10(13)12(14)15-2)9-7-5-4-6-8-9/h4-8,10-11H,3,13H2,1-2H3/t10-,11+,17?/m0/s1. The molecular formula is C12H17NO2S2. The van der Waals surface area contributed by atoms with Gasteiger partial charge in [-0.1, -0.05) is 48.4 Å². The van der Waals surface area contributed by atoms with Gasteiger partial charge in [-0.2, -0.15) is 0 Å². The van der Waals surface area contributed by atoms with Gasteiger partial charge in [0.1, 0.15) is 6.04 Å². The zero-order valence-electron chi connectivity index (χ0n) is 9.96. The highest BCUT2D eigenvalue weighted by molar-refractivity contribution is 8.29. The Bertz CT molecular complexity index is 395. The van der Waals surface area contributed by atoms with Gasteiger partial charge in [-0.05, 0) is 11.3 Å². The maximum atomic E-state index is 11.6. The molecule has 0 aliphatic heterocycles. The van der Waals surface area contributed by atoms with Crippen LogP contribution < -0.4 is 5.73 Å². The second kappa shape index (κ2) is 6.83. The summed E-state index contributed by atoms with van der Waals surface area (Å²) in [5.74, 6) is 0.411. The molecule has 0 saturated carbocycles. The molecule has 1 aromatic rings. The number of ether oxygens (including phenoxy) is 1. The monoisotopic (exact) mass is 271 g/mol. The quantitative estimate of drug-likeness (QED) is 0.821. The summed E-state index contributed by atoms with van der Waals surface area (Å²) in [5.41, 5.74) is 6.95. The van der Waals surface area contributed by atoms with Gasteiger partial charge >= 0.3 is 5.97 Å². The molecule has 0 aliphatic carbocycles. The van der Waals surface area contributed by atoms with Crippen molar-refractivity contribution in [2.24, 2.45) is 5.73 Å². The van der Waals surface area contributed by atoms with Gasteiger partial charge in [0.05, 0.1) is 12.4 Å². The molecular weight excluding hydrogens is 254 g/mol. The summed E-state index contributed by atoms with van der Waals surface area (Å²) < 4.78 is 4.70. The molecule has 0 bridgehead atoms. The van der Waals surface area contributed by atoms with Crippen molar-refractivity contribution in [3.05, 3.63) is 35.9 Å². The second-order valence-electron chi connectivity index (χ2n) is 3.55. The van der Waals surface area contributed by atoms with E-state index in [9.17, 15) is 4.79 Å². The summed E-state index contributed by atoms with van der Waals surface area (Å²) in [6.07, 6.45) is 0. The second-order valence-corrected chi connectivity index (χ2v) is 6.68. The lowest BCUT2D eigenvalue weighted by Crippen LogP contribution is -2.39. The molecule has 3 nitrogen and oxygen atoms in total. The predicted molar refractivity (Wildman–Crippen MR) is 74.4 cm³/mol. The number of carbonyl (C=O) groups excluding carboxylic acids is 1. The van der Waals surface area contributed by atoms with E-state index in [1.165, 1.54) is 7.11 Å². The van der Waals surface area contributed by atoms with Gasteiger partial charge < -0.3 is 10.5 Å². The molecule has 5 heteroatoms. The Labute approximate surface area is 109 Å². The van der Waals surface area contributed by atoms with Crippen molar-refractivity contribution in [2.75, 3.05) is 12.9 Å². The van der Waals surface area contributed by atoms with E-state index < -0.39 is 12.0 Å². The van der Waals surface area contributed by atoms with Gasteiger partial charge in [0, 0.05) is 0 Å². The highest BCUT2D eigenvalue weighted by Gasteiger charge is 2.28. The molecule has 1 rings (SSSR count). The van der Waals surface area contributed by atoms with Gasteiger partial charge in [-0.25, -0.2) is 0 Å². The minimum absolute atomic E-state index is 0.149. The van der Waals surface area contributed by atoms with Crippen LogP contribution in [0.5, 0.6) is 0 Å². The minimum Gasteiger partial charge on any atom is -0.468 e. The number of nitrogens with two attached hydrogens (primary N) is 1. The van der Waals surface area contributed by atoms with Crippen LogP contribution in [0, 0.1) is 0 Å². The molecule has 94 valence electrons. The number of hydrogen-bond acceptors (Lipinski definition) is 4. The summed E-state index contributed by atoms with van der Waals surface area (Å²) in [6, 6.07) is 8.99. The smallest absolute Gasteiger partial charge is 0.324 e. The number of rotatable bonds is 5. The first-order valence-electron chi connectivity index (χ1n) is 5.37. The third kappa shape index (κ3) is 3.59. The van der Waals surface area contributed by atoms with Crippen LogP contribution in [0.4, 0.5) is 0 Å². The van der Waals surface area contributed by atoms with Crippen molar-refractivity contribution in [2.45, 2.75) is 18.2 Å². The van der Waals surface area contributed by atoms with Gasteiger partial charge in [0.15, 0.2) is 0 Å². The van der Waals surface area contributed by atoms with Crippen LogP contribution in [0.1, 0.15) is 17.7 Å². The number of methoxy groups -OCH3 is 1. The summed E-state index contributed by atoms with van der Waals surface area (Å²) in [5, 5.41) is -0.149. The number of hydrogen-bond donors (Lipinski definition) is 1. The zero-order chi connectivity index (χ0) is 12.8. The van der Waals surface area contributed by atoms with Crippen molar-refractivity contribution in [1.82, 2.24) is 0 Å². The molecule has 0 saturated heterocycles.